The van der Waals surface area contributed by atoms with Gasteiger partial charge in [-0.15, -0.1) is 0 Å². The summed E-state index contributed by atoms with van der Waals surface area (Å²) in [4.78, 5) is 8.49. The maximum atomic E-state index is 4.39. The molecule has 4 heteroatoms. The number of rotatable bonds is 1. The number of aromatic nitrogens is 3. The van der Waals surface area contributed by atoms with E-state index in [1.54, 1.807) is 6.20 Å². The SMILES string of the molecule is [CH2]c1c(CC)nc2cnc(Br)cn12. The molecule has 67 valence electrons. The lowest BCUT2D eigenvalue weighted by Gasteiger charge is -1.95. The van der Waals surface area contributed by atoms with Crippen LogP contribution in [0, 0.1) is 6.92 Å². The summed E-state index contributed by atoms with van der Waals surface area (Å²) < 4.78 is 2.74. The van der Waals surface area contributed by atoms with Gasteiger partial charge in [-0.2, -0.15) is 0 Å². The fourth-order valence-corrected chi connectivity index (χ4v) is 1.62. The van der Waals surface area contributed by atoms with Gasteiger partial charge in [-0.1, -0.05) is 6.92 Å². The third kappa shape index (κ3) is 1.35. The van der Waals surface area contributed by atoms with Crippen LogP contribution in [0.4, 0.5) is 0 Å². The zero-order chi connectivity index (χ0) is 9.42. The second kappa shape index (κ2) is 3.10. The van der Waals surface area contributed by atoms with E-state index in [-0.39, 0.29) is 0 Å². The van der Waals surface area contributed by atoms with Gasteiger partial charge in [-0.3, -0.25) is 4.40 Å². The van der Waals surface area contributed by atoms with Crippen LogP contribution < -0.4 is 0 Å². The summed E-state index contributed by atoms with van der Waals surface area (Å²) in [5, 5.41) is 0. The number of hydrogen-bond acceptors (Lipinski definition) is 2. The molecule has 0 amide bonds. The van der Waals surface area contributed by atoms with Gasteiger partial charge in [0, 0.05) is 11.9 Å². The van der Waals surface area contributed by atoms with E-state index < -0.39 is 0 Å². The van der Waals surface area contributed by atoms with E-state index >= 15 is 0 Å². The van der Waals surface area contributed by atoms with E-state index in [4.69, 9.17) is 0 Å². The highest BCUT2D eigenvalue weighted by Crippen LogP contribution is 2.14. The van der Waals surface area contributed by atoms with Crippen LogP contribution >= 0.6 is 15.9 Å². The van der Waals surface area contributed by atoms with Crippen molar-refractivity contribution in [3.8, 4) is 0 Å². The number of halogens is 1. The Morgan fingerprint density at radius 3 is 3.08 bits per heavy atom. The van der Waals surface area contributed by atoms with Crippen LogP contribution in [-0.2, 0) is 6.42 Å². The van der Waals surface area contributed by atoms with Gasteiger partial charge in [0.2, 0.25) is 0 Å². The molecule has 0 fully saturated rings. The van der Waals surface area contributed by atoms with Crippen molar-refractivity contribution < 1.29 is 0 Å². The average molecular weight is 239 g/mol. The van der Waals surface area contributed by atoms with Crippen LogP contribution in [0.2, 0.25) is 0 Å². The Kier molecular flexibility index (Phi) is 2.07. The molecule has 0 aliphatic rings. The first kappa shape index (κ1) is 8.69. The van der Waals surface area contributed by atoms with Gasteiger partial charge >= 0.3 is 0 Å². The van der Waals surface area contributed by atoms with E-state index in [9.17, 15) is 0 Å². The zero-order valence-electron chi connectivity index (χ0n) is 7.29. The molecule has 2 heterocycles. The maximum Gasteiger partial charge on any atom is 0.155 e. The minimum absolute atomic E-state index is 0.796. The molecule has 0 aliphatic heterocycles. The number of fused-ring (bicyclic) bond motifs is 1. The summed E-state index contributed by atoms with van der Waals surface area (Å²) in [5.74, 6) is 0. The van der Waals surface area contributed by atoms with E-state index in [0.717, 1.165) is 28.1 Å². The van der Waals surface area contributed by atoms with Crippen molar-refractivity contribution >= 4 is 21.6 Å². The van der Waals surface area contributed by atoms with E-state index in [2.05, 4.69) is 39.7 Å². The fourth-order valence-electron chi connectivity index (χ4n) is 1.31. The maximum absolute atomic E-state index is 4.39. The number of hydrogen-bond donors (Lipinski definition) is 0. The molecule has 3 nitrogen and oxygen atoms in total. The van der Waals surface area contributed by atoms with Crippen molar-refractivity contribution in [2.75, 3.05) is 0 Å². The molecular weight excluding hydrogens is 230 g/mol. The quantitative estimate of drug-likeness (QED) is 0.763. The molecule has 13 heavy (non-hydrogen) atoms. The molecule has 2 rings (SSSR count). The molecule has 0 spiro atoms. The third-order valence-corrected chi connectivity index (χ3v) is 2.40. The molecule has 2 aromatic heterocycles. The molecule has 0 saturated heterocycles. The van der Waals surface area contributed by atoms with Crippen molar-refractivity contribution in [2.24, 2.45) is 0 Å². The van der Waals surface area contributed by atoms with Crippen molar-refractivity contribution in [3.63, 3.8) is 0 Å². The van der Waals surface area contributed by atoms with E-state index in [0.29, 0.717) is 0 Å². The predicted molar refractivity (Wildman–Crippen MR) is 54.5 cm³/mol. The highest BCUT2D eigenvalue weighted by Gasteiger charge is 2.06. The third-order valence-electron chi connectivity index (χ3n) is 1.99. The Labute approximate surface area is 85.0 Å². The summed E-state index contributed by atoms with van der Waals surface area (Å²) in [6.07, 6.45) is 4.51. The average Bonchev–Trinajstić information content (AvgIpc) is 2.44. The Hall–Kier alpha value is -0.900. The summed E-state index contributed by atoms with van der Waals surface area (Å²) >= 11 is 3.31. The van der Waals surface area contributed by atoms with Crippen molar-refractivity contribution in [1.82, 2.24) is 14.4 Å². The van der Waals surface area contributed by atoms with Gasteiger partial charge in [0.1, 0.15) is 4.60 Å². The first-order valence-electron chi connectivity index (χ1n) is 4.06. The van der Waals surface area contributed by atoms with Crippen LogP contribution in [0.15, 0.2) is 17.0 Å². The molecule has 1 radical (unpaired) electrons. The van der Waals surface area contributed by atoms with Crippen LogP contribution in [-0.4, -0.2) is 14.4 Å². The summed E-state index contributed by atoms with van der Waals surface area (Å²) in [7, 11) is 0. The molecule has 2 aromatic rings. The second-order valence-corrected chi connectivity index (χ2v) is 3.61. The topological polar surface area (TPSA) is 30.2 Å². The van der Waals surface area contributed by atoms with Crippen molar-refractivity contribution in [1.29, 1.82) is 0 Å². The lowest BCUT2D eigenvalue weighted by molar-refractivity contribution is 1.04. The fraction of sp³-hybridized carbons (Fsp3) is 0.222. The van der Waals surface area contributed by atoms with Gasteiger partial charge < -0.3 is 0 Å². The van der Waals surface area contributed by atoms with Gasteiger partial charge in [0.15, 0.2) is 5.65 Å². The van der Waals surface area contributed by atoms with Gasteiger partial charge in [0.25, 0.3) is 0 Å². The largest absolute Gasteiger partial charge is 0.300 e. The first-order valence-corrected chi connectivity index (χ1v) is 4.86. The highest BCUT2D eigenvalue weighted by atomic mass is 79.9. The Balaban J connectivity index is 2.77. The van der Waals surface area contributed by atoms with Crippen LogP contribution in [0.5, 0.6) is 0 Å². The van der Waals surface area contributed by atoms with Crippen molar-refractivity contribution in [2.45, 2.75) is 13.3 Å². The molecule has 0 unspecified atom stereocenters. The van der Waals surface area contributed by atoms with Crippen molar-refractivity contribution in [3.05, 3.63) is 35.3 Å². The standard InChI is InChI=1S/C9H9BrN3/c1-3-7-6(2)13-5-8(10)11-4-9(13)12-7/h4-5H,2-3H2,1H3. The van der Waals surface area contributed by atoms with Gasteiger partial charge in [0.05, 0.1) is 11.9 Å². The monoisotopic (exact) mass is 238 g/mol. The molecule has 0 aliphatic carbocycles. The zero-order valence-corrected chi connectivity index (χ0v) is 8.87. The molecular formula is C9H9BrN3. The smallest absolute Gasteiger partial charge is 0.155 e. The molecule has 0 saturated carbocycles. The Morgan fingerprint density at radius 1 is 1.62 bits per heavy atom. The summed E-state index contributed by atoms with van der Waals surface area (Å²) in [6, 6.07) is 0. The van der Waals surface area contributed by atoms with Gasteiger partial charge in [-0.05, 0) is 29.3 Å². The normalized spacial score (nSPS) is 11.0. The lowest BCUT2D eigenvalue weighted by Crippen LogP contribution is -1.89. The first-order chi connectivity index (χ1) is 6.22. The highest BCUT2D eigenvalue weighted by molar-refractivity contribution is 9.10. The van der Waals surface area contributed by atoms with Gasteiger partial charge in [-0.25, -0.2) is 9.97 Å². The van der Waals surface area contributed by atoms with Crippen LogP contribution in [0.1, 0.15) is 18.3 Å². The number of aryl methyl sites for hydroxylation is 1. The van der Waals surface area contributed by atoms with E-state index in [1.165, 1.54) is 0 Å². The summed E-state index contributed by atoms with van der Waals surface area (Å²) in [5.41, 5.74) is 2.82. The number of nitrogens with zero attached hydrogens (tertiary/aromatic N) is 3. The lowest BCUT2D eigenvalue weighted by atomic mass is 10.3. The molecule has 0 aromatic carbocycles. The minimum Gasteiger partial charge on any atom is -0.300 e. The van der Waals surface area contributed by atoms with E-state index in [1.807, 2.05) is 10.6 Å². The predicted octanol–water partition coefficient (Wildman–Crippen LogP) is 2.24. The Morgan fingerprint density at radius 2 is 2.38 bits per heavy atom. The van der Waals surface area contributed by atoms with Crippen LogP contribution in [0.25, 0.3) is 5.65 Å². The molecule has 0 atom stereocenters. The number of imidazole rings is 1. The minimum atomic E-state index is 0.796. The summed E-state index contributed by atoms with van der Waals surface area (Å²) in [6.45, 7) is 6.04. The van der Waals surface area contributed by atoms with Crippen LogP contribution in [0.3, 0.4) is 0 Å². The second-order valence-electron chi connectivity index (χ2n) is 2.80. The molecule has 0 bridgehead atoms. The Bertz CT molecular complexity index is 447. The molecule has 0 N–H and O–H groups in total.